The Balaban J connectivity index is 3.19. The second-order valence-electron chi connectivity index (χ2n) is 2.65. The number of halogens is 5. The molecule has 0 spiro atoms. The van der Waals surface area contributed by atoms with Gasteiger partial charge in [0.25, 0.3) is 0 Å². The molecule has 2 N–H and O–H groups in total. The van der Waals surface area contributed by atoms with Crippen molar-refractivity contribution in [1.29, 1.82) is 0 Å². The molecule has 0 saturated heterocycles. The molecular weight excluding hydrogens is 266 g/mol. The molecule has 1 nitrogen and oxygen atoms in total. The van der Waals surface area contributed by atoms with E-state index in [0.717, 1.165) is 6.07 Å². The monoisotopic (exact) mass is 271 g/mol. The lowest BCUT2D eigenvalue weighted by Crippen LogP contribution is -2.29. The van der Waals surface area contributed by atoms with Crippen LogP contribution in [0.1, 0.15) is 11.6 Å². The molecule has 14 heavy (non-hydrogen) atoms. The van der Waals surface area contributed by atoms with Crippen LogP contribution in [0.2, 0.25) is 0 Å². The quantitative estimate of drug-likeness (QED) is 0.781. The third kappa shape index (κ3) is 2.24. The molecule has 0 unspecified atom stereocenters. The van der Waals surface area contributed by atoms with Gasteiger partial charge in [0.05, 0.1) is 0 Å². The lowest BCUT2D eigenvalue weighted by Gasteiger charge is -2.17. The van der Waals surface area contributed by atoms with Gasteiger partial charge in [0.15, 0.2) is 0 Å². The van der Waals surface area contributed by atoms with Gasteiger partial charge < -0.3 is 5.73 Å². The normalized spacial score (nSPS) is 14.1. The van der Waals surface area contributed by atoms with Gasteiger partial charge in [0.2, 0.25) is 0 Å². The highest BCUT2D eigenvalue weighted by molar-refractivity contribution is 9.10. The summed E-state index contributed by atoms with van der Waals surface area (Å²) in [6.45, 7) is 0. The van der Waals surface area contributed by atoms with Crippen LogP contribution in [0, 0.1) is 5.82 Å². The Morgan fingerprint density at radius 1 is 1.29 bits per heavy atom. The minimum Gasteiger partial charge on any atom is -0.316 e. The van der Waals surface area contributed by atoms with E-state index in [4.69, 9.17) is 5.73 Å². The molecule has 1 atom stereocenters. The molecule has 1 aromatic rings. The third-order valence-corrected chi connectivity index (χ3v) is 2.35. The number of nitrogens with two attached hydrogens (primary N) is 1. The molecule has 0 aliphatic rings. The van der Waals surface area contributed by atoms with Gasteiger partial charge in [-0.25, -0.2) is 4.39 Å². The van der Waals surface area contributed by atoms with E-state index in [9.17, 15) is 17.6 Å². The molecule has 0 aromatic heterocycles. The number of hydrogen-bond donors (Lipinski definition) is 1. The van der Waals surface area contributed by atoms with Crippen LogP contribution in [0.3, 0.4) is 0 Å². The van der Waals surface area contributed by atoms with Crippen LogP contribution in [0.4, 0.5) is 17.6 Å². The number of hydrogen-bond acceptors (Lipinski definition) is 1. The van der Waals surface area contributed by atoms with Crippen molar-refractivity contribution in [3.05, 3.63) is 34.1 Å². The first-order valence-electron chi connectivity index (χ1n) is 3.60. The predicted molar refractivity (Wildman–Crippen MR) is 47.1 cm³/mol. The fraction of sp³-hybridized carbons (Fsp3) is 0.250. The second kappa shape index (κ2) is 3.86. The maximum absolute atomic E-state index is 13.0. The van der Waals surface area contributed by atoms with E-state index >= 15 is 0 Å². The van der Waals surface area contributed by atoms with Crippen LogP contribution in [-0.4, -0.2) is 6.18 Å². The standard InChI is InChI=1S/C8H6BrF4N/c9-4-2-1-3-5(10)6(4)7(14)8(11,12)13/h1-3,7H,14H2/t7-/m1/s1. The topological polar surface area (TPSA) is 26.0 Å². The Morgan fingerprint density at radius 2 is 1.86 bits per heavy atom. The molecule has 0 aliphatic heterocycles. The zero-order valence-corrected chi connectivity index (χ0v) is 8.36. The first kappa shape index (κ1) is 11.5. The molecule has 0 radical (unpaired) electrons. The lowest BCUT2D eigenvalue weighted by molar-refractivity contribution is -0.149. The summed E-state index contributed by atoms with van der Waals surface area (Å²) in [5.74, 6) is -0.968. The van der Waals surface area contributed by atoms with Crippen molar-refractivity contribution >= 4 is 15.9 Å². The second-order valence-corrected chi connectivity index (χ2v) is 3.51. The summed E-state index contributed by atoms with van der Waals surface area (Å²) in [6, 6.07) is 1.24. The summed E-state index contributed by atoms with van der Waals surface area (Å²) in [5, 5.41) is 0. The van der Waals surface area contributed by atoms with Crippen molar-refractivity contribution < 1.29 is 17.6 Å². The molecule has 0 heterocycles. The van der Waals surface area contributed by atoms with Gasteiger partial charge in [-0.15, -0.1) is 0 Å². The fourth-order valence-corrected chi connectivity index (χ4v) is 1.56. The maximum atomic E-state index is 13.0. The first-order valence-corrected chi connectivity index (χ1v) is 4.39. The number of alkyl halides is 3. The molecule has 0 aliphatic carbocycles. The van der Waals surface area contributed by atoms with Crippen LogP contribution >= 0.6 is 15.9 Å². The van der Waals surface area contributed by atoms with E-state index in [2.05, 4.69) is 15.9 Å². The Hall–Kier alpha value is -0.620. The highest BCUT2D eigenvalue weighted by Crippen LogP contribution is 2.35. The molecule has 0 bridgehead atoms. The average Bonchev–Trinajstić information content (AvgIpc) is 2.01. The van der Waals surface area contributed by atoms with Crippen LogP contribution < -0.4 is 5.73 Å². The number of benzene rings is 1. The molecule has 1 aromatic carbocycles. The van der Waals surface area contributed by atoms with Gasteiger partial charge in [-0.3, -0.25) is 0 Å². The van der Waals surface area contributed by atoms with Crippen molar-refractivity contribution in [3.8, 4) is 0 Å². The average molecular weight is 272 g/mol. The Morgan fingerprint density at radius 3 is 2.29 bits per heavy atom. The van der Waals surface area contributed by atoms with Crippen LogP contribution in [-0.2, 0) is 0 Å². The van der Waals surface area contributed by atoms with E-state index in [1.807, 2.05) is 0 Å². The Kier molecular flexibility index (Phi) is 3.16. The van der Waals surface area contributed by atoms with Gasteiger partial charge in [0, 0.05) is 10.0 Å². The van der Waals surface area contributed by atoms with Gasteiger partial charge >= 0.3 is 6.18 Å². The largest absolute Gasteiger partial charge is 0.407 e. The van der Waals surface area contributed by atoms with Crippen LogP contribution in [0.15, 0.2) is 22.7 Å². The Bertz CT molecular complexity index is 316. The van der Waals surface area contributed by atoms with Crippen LogP contribution in [0.5, 0.6) is 0 Å². The van der Waals surface area contributed by atoms with Crippen molar-refractivity contribution in [1.82, 2.24) is 0 Å². The maximum Gasteiger partial charge on any atom is 0.407 e. The third-order valence-electron chi connectivity index (χ3n) is 1.66. The van der Waals surface area contributed by atoms with Crippen molar-refractivity contribution in [3.63, 3.8) is 0 Å². The SMILES string of the molecule is N[C@H](c1c(F)cccc1Br)C(F)(F)F. The van der Waals surface area contributed by atoms with Crippen LogP contribution in [0.25, 0.3) is 0 Å². The first-order chi connectivity index (χ1) is 6.34. The molecule has 0 fully saturated rings. The molecule has 0 saturated carbocycles. The molecule has 78 valence electrons. The van der Waals surface area contributed by atoms with E-state index < -0.39 is 23.6 Å². The molecular formula is C8H6BrF4N. The smallest absolute Gasteiger partial charge is 0.316 e. The molecule has 0 amide bonds. The summed E-state index contributed by atoms with van der Waals surface area (Å²) in [4.78, 5) is 0. The van der Waals surface area contributed by atoms with Gasteiger partial charge in [-0.2, -0.15) is 13.2 Å². The highest BCUT2D eigenvalue weighted by Gasteiger charge is 2.40. The van der Waals surface area contributed by atoms with Gasteiger partial charge in [-0.1, -0.05) is 22.0 Å². The summed E-state index contributed by atoms with van der Waals surface area (Å²) in [7, 11) is 0. The summed E-state index contributed by atoms with van der Waals surface area (Å²) in [6.07, 6.45) is -4.65. The summed E-state index contributed by atoms with van der Waals surface area (Å²) < 4.78 is 49.6. The van der Waals surface area contributed by atoms with Gasteiger partial charge in [0.1, 0.15) is 11.9 Å². The van der Waals surface area contributed by atoms with E-state index in [1.54, 1.807) is 0 Å². The summed E-state index contributed by atoms with van der Waals surface area (Å²) in [5.41, 5.74) is 4.31. The predicted octanol–water partition coefficient (Wildman–Crippen LogP) is 3.15. The zero-order chi connectivity index (χ0) is 10.9. The van der Waals surface area contributed by atoms with Crippen molar-refractivity contribution in [2.24, 2.45) is 5.73 Å². The van der Waals surface area contributed by atoms with Crippen molar-refractivity contribution in [2.75, 3.05) is 0 Å². The zero-order valence-electron chi connectivity index (χ0n) is 6.78. The highest BCUT2D eigenvalue weighted by atomic mass is 79.9. The minimum atomic E-state index is -4.65. The molecule has 1 rings (SSSR count). The lowest BCUT2D eigenvalue weighted by atomic mass is 10.1. The van der Waals surface area contributed by atoms with E-state index in [-0.39, 0.29) is 4.47 Å². The Labute approximate surface area is 86.0 Å². The van der Waals surface area contributed by atoms with Gasteiger partial charge in [-0.05, 0) is 12.1 Å². The number of rotatable bonds is 1. The van der Waals surface area contributed by atoms with E-state index in [0.29, 0.717) is 0 Å². The van der Waals surface area contributed by atoms with Crippen molar-refractivity contribution in [2.45, 2.75) is 12.2 Å². The molecule has 6 heteroatoms. The summed E-state index contributed by atoms with van der Waals surface area (Å²) >= 11 is 2.82. The minimum absolute atomic E-state index is 0.0160. The fourth-order valence-electron chi connectivity index (χ4n) is 0.971. The van der Waals surface area contributed by atoms with E-state index in [1.165, 1.54) is 12.1 Å².